The van der Waals surface area contributed by atoms with E-state index in [1.807, 2.05) is 33.9 Å². The molecule has 0 unspecified atom stereocenters. The van der Waals surface area contributed by atoms with Gasteiger partial charge in [-0.3, -0.25) is 15.0 Å². The van der Waals surface area contributed by atoms with Crippen LogP contribution in [0.15, 0.2) is 12.1 Å². The first-order valence-corrected chi connectivity index (χ1v) is 5.54. The molecular formula is C12H18N2O2. The molecule has 0 fully saturated rings. The van der Waals surface area contributed by atoms with Gasteiger partial charge in [0.25, 0.3) is 5.69 Å². The average molecular weight is 222 g/mol. The Balaban J connectivity index is 0.000000606. The minimum Gasteiger partial charge on any atom is -0.298 e. The van der Waals surface area contributed by atoms with Crippen molar-refractivity contribution in [2.75, 3.05) is 7.05 Å². The van der Waals surface area contributed by atoms with Crippen LogP contribution in [0.1, 0.15) is 30.5 Å². The van der Waals surface area contributed by atoms with Crippen LogP contribution in [0.25, 0.3) is 0 Å². The number of nitro groups is 1. The zero-order valence-corrected chi connectivity index (χ0v) is 10.3. The van der Waals surface area contributed by atoms with Crippen LogP contribution < -0.4 is 0 Å². The quantitative estimate of drug-likeness (QED) is 0.542. The smallest absolute Gasteiger partial charge is 0.272 e. The van der Waals surface area contributed by atoms with E-state index in [4.69, 9.17) is 0 Å². The summed E-state index contributed by atoms with van der Waals surface area (Å²) in [7, 11) is 2.02. The Morgan fingerprint density at radius 3 is 2.50 bits per heavy atom. The topological polar surface area (TPSA) is 46.4 Å². The first-order valence-electron chi connectivity index (χ1n) is 5.54. The summed E-state index contributed by atoms with van der Waals surface area (Å²) in [6, 6.07) is 3.47. The molecule has 0 N–H and O–H groups in total. The fraction of sp³-hybridized carbons (Fsp3) is 0.500. The van der Waals surface area contributed by atoms with Gasteiger partial charge < -0.3 is 0 Å². The summed E-state index contributed by atoms with van der Waals surface area (Å²) < 4.78 is 0. The lowest BCUT2D eigenvalue weighted by Crippen LogP contribution is -2.07. The highest BCUT2D eigenvalue weighted by atomic mass is 16.6. The molecule has 0 bridgehead atoms. The predicted molar refractivity (Wildman–Crippen MR) is 64.4 cm³/mol. The number of rotatable bonds is 1. The van der Waals surface area contributed by atoms with Crippen LogP contribution in [-0.4, -0.2) is 16.9 Å². The van der Waals surface area contributed by atoms with E-state index in [0.717, 1.165) is 24.2 Å². The summed E-state index contributed by atoms with van der Waals surface area (Å²) >= 11 is 0. The summed E-state index contributed by atoms with van der Waals surface area (Å²) in [5.74, 6) is 0. The summed E-state index contributed by atoms with van der Waals surface area (Å²) in [6.45, 7) is 7.55. The second-order valence-corrected chi connectivity index (χ2v) is 3.78. The molecule has 1 aromatic carbocycles. The van der Waals surface area contributed by atoms with Crippen molar-refractivity contribution in [1.82, 2.24) is 4.90 Å². The van der Waals surface area contributed by atoms with Crippen LogP contribution in [0, 0.1) is 17.0 Å². The highest BCUT2D eigenvalue weighted by molar-refractivity contribution is 5.49. The number of hydrogen-bond donors (Lipinski definition) is 0. The molecule has 0 amide bonds. The van der Waals surface area contributed by atoms with E-state index in [0.29, 0.717) is 0 Å². The molecule has 1 heterocycles. The van der Waals surface area contributed by atoms with Gasteiger partial charge in [0.1, 0.15) is 0 Å². The normalized spacial score (nSPS) is 14.0. The van der Waals surface area contributed by atoms with E-state index in [2.05, 4.69) is 4.90 Å². The van der Waals surface area contributed by atoms with Crippen molar-refractivity contribution in [2.24, 2.45) is 0 Å². The number of benzene rings is 1. The Kier molecular flexibility index (Phi) is 4.01. The average Bonchev–Trinajstić information content (AvgIpc) is 2.62. The molecule has 2 rings (SSSR count). The molecule has 0 spiro atoms. The number of nitrogens with zero attached hydrogens (tertiary/aromatic N) is 2. The highest BCUT2D eigenvalue weighted by Gasteiger charge is 2.22. The van der Waals surface area contributed by atoms with E-state index < -0.39 is 0 Å². The van der Waals surface area contributed by atoms with Crippen LogP contribution in [0.2, 0.25) is 0 Å². The molecule has 0 saturated heterocycles. The van der Waals surface area contributed by atoms with Crippen LogP contribution in [0.5, 0.6) is 0 Å². The lowest BCUT2D eigenvalue weighted by molar-refractivity contribution is -0.385. The number of fused-ring (bicyclic) bond motifs is 1. The van der Waals surface area contributed by atoms with Crippen molar-refractivity contribution < 1.29 is 4.92 Å². The fourth-order valence-electron chi connectivity index (χ4n) is 1.98. The maximum Gasteiger partial charge on any atom is 0.272 e. The largest absolute Gasteiger partial charge is 0.298 e. The predicted octanol–water partition coefficient (Wildman–Crippen LogP) is 2.87. The third-order valence-electron chi connectivity index (χ3n) is 2.73. The van der Waals surface area contributed by atoms with Gasteiger partial charge in [-0.1, -0.05) is 19.9 Å². The zero-order chi connectivity index (χ0) is 12.3. The van der Waals surface area contributed by atoms with Gasteiger partial charge in [-0.05, 0) is 25.1 Å². The van der Waals surface area contributed by atoms with Crippen molar-refractivity contribution in [1.29, 1.82) is 0 Å². The molecule has 1 aromatic rings. The molecule has 0 aromatic heterocycles. The van der Waals surface area contributed by atoms with Crippen molar-refractivity contribution in [3.8, 4) is 0 Å². The van der Waals surface area contributed by atoms with E-state index >= 15 is 0 Å². The maximum atomic E-state index is 10.7. The van der Waals surface area contributed by atoms with E-state index in [-0.39, 0.29) is 10.6 Å². The van der Waals surface area contributed by atoms with Gasteiger partial charge >= 0.3 is 0 Å². The van der Waals surface area contributed by atoms with E-state index in [1.54, 1.807) is 6.07 Å². The summed E-state index contributed by atoms with van der Waals surface area (Å²) in [6.07, 6.45) is 0. The molecular weight excluding hydrogens is 204 g/mol. The Bertz CT molecular complexity index is 402. The number of nitro benzene ring substituents is 1. The van der Waals surface area contributed by atoms with Crippen LogP contribution in [0.3, 0.4) is 0 Å². The maximum absolute atomic E-state index is 10.7. The molecule has 0 saturated carbocycles. The third kappa shape index (κ3) is 2.22. The highest BCUT2D eigenvalue weighted by Crippen LogP contribution is 2.30. The lowest BCUT2D eigenvalue weighted by atomic mass is 10.0. The Labute approximate surface area is 96.0 Å². The minimum absolute atomic E-state index is 0.235. The molecule has 0 aliphatic carbocycles. The first kappa shape index (κ1) is 12.6. The Morgan fingerprint density at radius 1 is 1.31 bits per heavy atom. The van der Waals surface area contributed by atoms with Gasteiger partial charge in [0.15, 0.2) is 0 Å². The second kappa shape index (κ2) is 5.07. The van der Waals surface area contributed by atoms with E-state index in [1.165, 1.54) is 5.56 Å². The molecule has 4 heteroatoms. The third-order valence-corrected chi connectivity index (χ3v) is 2.73. The molecule has 0 radical (unpaired) electrons. The Morgan fingerprint density at radius 2 is 1.94 bits per heavy atom. The molecule has 4 nitrogen and oxygen atoms in total. The van der Waals surface area contributed by atoms with Gasteiger partial charge in [-0.15, -0.1) is 0 Å². The van der Waals surface area contributed by atoms with Gasteiger partial charge in [-0.2, -0.15) is 0 Å². The van der Waals surface area contributed by atoms with Crippen LogP contribution in [-0.2, 0) is 13.1 Å². The van der Waals surface area contributed by atoms with Crippen molar-refractivity contribution in [2.45, 2.75) is 33.9 Å². The molecule has 1 aliphatic heterocycles. The minimum atomic E-state index is -0.312. The van der Waals surface area contributed by atoms with Gasteiger partial charge in [-0.25, -0.2) is 0 Å². The van der Waals surface area contributed by atoms with Gasteiger partial charge in [0.05, 0.1) is 4.92 Å². The summed E-state index contributed by atoms with van der Waals surface area (Å²) in [5, 5.41) is 10.7. The zero-order valence-electron chi connectivity index (χ0n) is 10.3. The lowest BCUT2D eigenvalue weighted by Gasteiger charge is -2.04. The van der Waals surface area contributed by atoms with Crippen molar-refractivity contribution in [3.63, 3.8) is 0 Å². The first-order chi connectivity index (χ1) is 7.59. The fourth-order valence-corrected chi connectivity index (χ4v) is 1.98. The monoisotopic (exact) mass is 222 g/mol. The standard InChI is InChI=1S/C10H12N2O2.C2H6/c1-7-9-6-11(2)5-8(9)3-4-10(7)12(13)14;1-2/h3-4H,5-6H2,1-2H3;1-2H3. The number of hydrogen-bond acceptors (Lipinski definition) is 3. The molecule has 1 aliphatic rings. The van der Waals surface area contributed by atoms with Crippen LogP contribution in [0.4, 0.5) is 5.69 Å². The van der Waals surface area contributed by atoms with Crippen molar-refractivity contribution in [3.05, 3.63) is 38.9 Å². The summed E-state index contributed by atoms with van der Waals surface area (Å²) in [4.78, 5) is 12.5. The molecule has 0 atom stereocenters. The molecule has 16 heavy (non-hydrogen) atoms. The summed E-state index contributed by atoms with van der Waals surface area (Å²) in [5.41, 5.74) is 3.40. The Hall–Kier alpha value is -1.42. The molecule has 88 valence electrons. The van der Waals surface area contributed by atoms with Gasteiger partial charge in [0, 0.05) is 24.7 Å². The van der Waals surface area contributed by atoms with Crippen LogP contribution >= 0.6 is 0 Å². The van der Waals surface area contributed by atoms with Crippen molar-refractivity contribution >= 4 is 5.69 Å². The van der Waals surface area contributed by atoms with Gasteiger partial charge in [0.2, 0.25) is 0 Å². The second-order valence-electron chi connectivity index (χ2n) is 3.78. The van der Waals surface area contributed by atoms with E-state index in [9.17, 15) is 10.1 Å². The SMILES string of the molecule is CC.Cc1c([N+](=O)[O-])ccc2c1CN(C)C2.